The van der Waals surface area contributed by atoms with Crippen molar-refractivity contribution in [3.05, 3.63) is 131 Å². The van der Waals surface area contributed by atoms with Gasteiger partial charge in [-0.15, -0.1) is 10.2 Å². The molecule has 1 amide bonds. The Hall–Kier alpha value is -4.20. The van der Waals surface area contributed by atoms with Crippen LogP contribution in [-0.4, -0.2) is 38.0 Å². The Kier molecular flexibility index (Phi) is 8.26. The molecule has 6 rings (SSSR count). The molecule has 6 nitrogen and oxygen atoms in total. The number of nitrogens with zero attached hydrogens (tertiary/aromatic N) is 4. The monoisotopic (exact) mass is 577 g/mol. The van der Waals surface area contributed by atoms with Crippen molar-refractivity contribution in [3.63, 3.8) is 0 Å². The van der Waals surface area contributed by atoms with Gasteiger partial charge in [0.25, 0.3) is 0 Å². The van der Waals surface area contributed by atoms with Gasteiger partial charge < -0.3 is 9.88 Å². The smallest absolute Gasteiger partial charge is 0.230 e. The van der Waals surface area contributed by atoms with Crippen LogP contribution in [0.2, 0.25) is 5.02 Å². The molecular weight excluding hydrogens is 550 g/mol. The lowest BCUT2D eigenvalue weighted by Crippen LogP contribution is -2.27. The summed E-state index contributed by atoms with van der Waals surface area (Å²) in [6.07, 6.45) is 0.804. The lowest BCUT2D eigenvalue weighted by molar-refractivity contribution is -0.118. The van der Waals surface area contributed by atoms with Gasteiger partial charge in [-0.2, -0.15) is 0 Å². The number of thioether (sulfide) groups is 1. The van der Waals surface area contributed by atoms with Crippen LogP contribution in [0.15, 0.2) is 114 Å². The molecule has 204 valence electrons. The van der Waals surface area contributed by atoms with E-state index in [9.17, 15) is 4.79 Å². The van der Waals surface area contributed by atoms with E-state index >= 15 is 0 Å². The minimum atomic E-state index is -0.0574. The maximum Gasteiger partial charge on any atom is 0.230 e. The molecule has 0 atom stereocenters. The Labute approximate surface area is 247 Å². The van der Waals surface area contributed by atoms with Crippen LogP contribution >= 0.6 is 23.4 Å². The van der Waals surface area contributed by atoms with Gasteiger partial charge in [-0.1, -0.05) is 114 Å². The van der Waals surface area contributed by atoms with Crippen molar-refractivity contribution in [1.82, 2.24) is 25.1 Å². The number of nitrogens with one attached hydrogen (secondary N) is 1. The summed E-state index contributed by atoms with van der Waals surface area (Å²) in [7, 11) is 0. The molecule has 0 saturated carbocycles. The molecule has 6 aromatic rings. The molecule has 0 aliphatic carbocycles. The summed E-state index contributed by atoms with van der Waals surface area (Å²) in [6.45, 7) is 1.16. The first-order chi connectivity index (χ1) is 20.2. The summed E-state index contributed by atoms with van der Waals surface area (Å²) in [5.74, 6) is 0.364. The molecule has 41 heavy (non-hydrogen) atoms. The lowest BCUT2D eigenvalue weighted by atomic mass is 9.88. The van der Waals surface area contributed by atoms with E-state index in [4.69, 9.17) is 16.6 Å². The van der Waals surface area contributed by atoms with Crippen LogP contribution in [-0.2, 0) is 11.3 Å². The molecule has 0 radical (unpaired) electrons. The highest BCUT2D eigenvalue weighted by atomic mass is 35.5. The number of hydrogen-bond donors (Lipinski definition) is 1. The first-order valence-electron chi connectivity index (χ1n) is 13.5. The van der Waals surface area contributed by atoms with E-state index in [1.54, 1.807) is 0 Å². The van der Waals surface area contributed by atoms with E-state index in [0.29, 0.717) is 23.3 Å². The highest BCUT2D eigenvalue weighted by Crippen LogP contribution is 2.29. The van der Waals surface area contributed by atoms with Crippen LogP contribution in [0, 0.1) is 0 Å². The third-order valence-electron chi connectivity index (χ3n) is 7.08. The normalized spacial score (nSPS) is 11.4. The maximum atomic E-state index is 12.8. The maximum absolute atomic E-state index is 12.8. The van der Waals surface area contributed by atoms with Gasteiger partial charge in [0.05, 0.1) is 11.3 Å². The number of para-hydroxylation sites is 1. The van der Waals surface area contributed by atoms with Crippen LogP contribution in [0.3, 0.4) is 0 Å². The molecule has 0 saturated heterocycles. The zero-order valence-electron chi connectivity index (χ0n) is 22.3. The number of halogens is 1. The fraction of sp³-hybridized carbons (Fsp3) is 0.152. The van der Waals surface area contributed by atoms with E-state index < -0.39 is 0 Å². The topological polar surface area (TPSA) is 72.7 Å². The Morgan fingerprint density at radius 2 is 1.56 bits per heavy atom. The number of benzene rings is 4. The molecule has 2 aromatic heterocycles. The summed E-state index contributed by atoms with van der Waals surface area (Å²) in [6, 6.07) is 36.7. The second-order valence-corrected chi connectivity index (χ2v) is 11.2. The molecule has 2 heterocycles. The molecule has 0 spiro atoms. The lowest BCUT2D eigenvalue weighted by Gasteiger charge is -2.18. The van der Waals surface area contributed by atoms with E-state index in [-0.39, 0.29) is 17.6 Å². The van der Waals surface area contributed by atoms with Gasteiger partial charge in [-0.05, 0) is 41.3 Å². The SMILES string of the molecule is O=C(CSc1nnc2c3ccccc3n(Cc3cccc(Cl)c3)c2n1)NCCC(c1ccccc1)c1ccccc1. The number of amides is 1. The Bertz CT molecular complexity index is 1750. The molecule has 4 aromatic carbocycles. The summed E-state index contributed by atoms with van der Waals surface area (Å²) < 4.78 is 2.13. The summed E-state index contributed by atoms with van der Waals surface area (Å²) in [5, 5.41) is 14.1. The number of carbonyl (C=O) groups is 1. The van der Waals surface area contributed by atoms with Crippen molar-refractivity contribution in [1.29, 1.82) is 0 Å². The van der Waals surface area contributed by atoms with Crippen molar-refractivity contribution in [2.24, 2.45) is 0 Å². The van der Waals surface area contributed by atoms with Gasteiger partial charge in [0, 0.05) is 29.4 Å². The zero-order valence-corrected chi connectivity index (χ0v) is 23.9. The predicted octanol–water partition coefficient (Wildman–Crippen LogP) is 7.11. The molecule has 8 heteroatoms. The van der Waals surface area contributed by atoms with E-state index in [2.05, 4.69) is 74.7 Å². The molecule has 0 aliphatic rings. The zero-order chi connectivity index (χ0) is 28.0. The van der Waals surface area contributed by atoms with Gasteiger partial charge in [0.2, 0.25) is 11.1 Å². The third-order valence-corrected chi connectivity index (χ3v) is 8.15. The summed E-state index contributed by atoms with van der Waals surface area (Å²) >= 11 is 7.54. The fourth-order valence-electron chi connectivity index (χ4n) is 5.16. The van der Waals surface area contributed by atoms with Crippen molar-refractivity contribution in [3.8, 4) is 0 Å². The fourth-order valence-corrected chi connectivity index (χ4v) is 5.99. The van der Waals surface area contributed by atoms with Crippen LogP contribution in [0.25, 0.3) is 22.1 Å². The van der Waals surface area contributed by atoms with Crippen LogP contribution < -0.4 is 5.32 Å². The molecule has 0 fully saturated rings. The molecule has 0 bridgehead atoms. The summed E-state index contributed by atoms with van der Waals surface area (Å²) in [5.41, 5.74) is 6.04. The highest BCUT2D eigenvalue weighted by molar-refractivity contribution is 7.99. The van der Waals surface area contributed by atoms with Crippen LogP contribution in [0.4, 0.5) is 0 Å². The predicted molar refractivity (Wildman–Crippen MR) is 166 cm³/mol. The van der Waals surface area contributed by atoms with Gasteiger partial charge in [0.15, 0.2) is 5.65 Å². The second-order valence-electron chi connectivity index (χ2n) is 9.80. The van der Waals surface area contributed by atoms with Gasteiger partial charge in [0.1, 0.15) is 5.52 Å². The van der Waals surface area contributed by atoms with Crippen LogP contribution in [0.1, 0.15) is 29.0 Å². The minimum Gasteiger partial charge on any atom is -0.355 e. The van der Waals surface area contributed by atoms with Gasteiger partial charge in [-0.25, -0.2) is 4.98 Å². The Morgan fingerprint density at radius 3 is 2.29 bits per heavy atom. The quantitative estimate of drug-likeness (QED) is 0.176. The Balaban J connectivity index is 1.14. The number of carbonyl (C=O) groups excluding carboxylic acids is 1. The van der Waals surface area contributed by atoms with Crippen molar-refractivity contribution >= 4 is 51.3 Å². The summed E-state index contributed by atoms with van der Waals surface area (Å²) in [4.78, 5) is 17.6. The first kappa shape index (κ1) is 27.0. The molecule has 1 N–H and O–H groups in total. The number of rotatable bonds is 10. The molecular formula is C33H28ClN5OS. The minimum absolute atomic E-state index is 0.0574. The van der Waals surface area contributed by atoms with Crippen molar-refractivity contribution < 1.29 is 4.79 Å². The van der Waals surface area contributed by atoms with E-state index in [1.165, 1.54) is 22.9 Å². The van der Waals surface area contributed by atoms with E-state index in [1.807, 2.05) is 54.6 Å². The standard InChI is InChI=1S/C33H28ClN5OS/c34-26-15-9-10-23(20-26)21-39-29-17-8-7-16-28(29)31-32(39)36-33(38-37-31)41-22-30(40)35-19-18-27(24-11-3-1-4-12-24)25-13-5-2-6-14-25/h1-17,20,27H,18-19,21-22H2,(H,35,40). The molecule has 0 unspecified atom stereocenters. The number of aromatic nitrogens is 4. The van der Waals surface area contributed by atoms with Crippen molar-refractivity contribution in [2.45, 2.75) is 24.0 Å². The first-order valence-corrected chi connectivity index (χ1v) is 14.9. The average molecular weight is 578 g/mol. The number of hydrogen-bond acceptors (Lipinski definition) is 5. The van der Waals surface area contributed by atoms with Crippen molar-refractivity contribution in [2.75, 3.05) is 12.3 Å². The largest absolute Gasteiger partial charge is 0.355 e. The molecule has 0 aliphatic heterocycles. The van der Waals surface area contributed by atoms with Gasteiger partial charge in [-0.3, -0.25) is 4.79 Å². The Morgan fingerprint density at radius 1 is 0.854 bits per heavy atom. The van der Waals surface area contributed by atoms with Gasteiger partial charge >= 0.3 is 0 Å². The van der Waals surface area contributed by atoms with E-state index in [0.717, 1.165) is 34.1 Å². The number of fused-ring (bicyclic) bond motifs is 3. The third kappa shape index (κ3) is 6.26. The second kappa shape index (κ2) is 12.5. The van der Waals surface area contributed by atoms with Crippen LogP contribution in [0.5, 0.6) is 0 Å². The highest BCUT2D eigenvalue weighted by Gasteiger charge is 2.17. The average Bonchev–Trinajstić information content (AvgIpc) is 3.32.